The summed E-state index contributed by atoms with van der Waals surface area (Å²) in [6.45, 7) is 5.41. The molecule has 4 nitrogen and oxygen atoms in total. The zero-order valence-corrected chi connectivity index (χ0v) is 9.71. The van der Waals surface area contributed by atoms with Gasteiger partial charge in [-0.15, -0.1) is 0 Å². The Morgan fingerprint density at radius 3 is 2.33 bits per heavy atom. The molecule has 0 aliphatic rings. The van der Waals surface area contributed by atoms with Crippen LogP contribution in [0.3, 0.4) is 0 Å². The van der Waals surface area contributed by atoms with Gasteiger partial charge in [-0.3, -0.25) is 4.79 Å². The second-order valence-corrected chi connectivity index (χ2v) is 3.80. The van der Waals surface area contributed by atoms with Gasteiger partial charge in [-0.25, -0.2) is 0 Å². The third-order valence-electron chi connectivity index (χ3n) is 2.48. The van der Waals surface area contributed by atoms with E-state index in [1.165, 1.54) is 6.92 Å². The molecule has 0 rings (SSSR count). The van der Waals surface area contributed by atoms with Gasteiger partial charge >= 0.3 is 0 Å². The van der Waals surface area contributed by atoms with Crippen molar-refractivity contribution < 1.29 is 14.7 Å². The van der Waals surface area contributed by atoms with E-state index in [1.54, 1.807) is 0 Å². The highest BCUT2D eigenvalue weighted by molar-refractivity contribution is 5.83. The Hall–Kier alpha value is -1.06. The average Bonchev–Trinajstić information content (AvgIpc) is 2.18. The van der Waals surface area contributed by atoms with Crippen molar-refractivity contribution in [3.8, 4) is 0 Å². The molecular formula is C11H20NO3-. The number of carboxylic acid groups (broad SMARTS) is 1. The van der Waals surface area contributed by atoms with Gasteiger partial charge in [0.2, 0.25) is 5.91 Å². The van der Waals surface area contributed by atoms with E-state index in [1.807, 2.05) is 6.92 Å². The Kier molecular flexibility index (Phi) is 6.75. The van der Waals surface area contributed by atoms with E-state index in [2.05, 4.69) is 12.2 Å². The molecule has 0 spiro atoms. The maximum Gasteiger partial charge on any atom is 0.223 e. The van der Waals surface area contributed by atoms with Gasteiger partial charge in [-0.05, 0) is 19.8 Å². The second-order valence-electron chi connectivity index (χ2n) is 3.80. The molecular weight excluding hydrogens is 194 g/mol. The fourth-order valence-electron chi connectivity index (χ4n) is 1.36. The Labute approximate surface area is 91.1 Å². The second kappa shape index (κ2) is 7.26. The third kappa shape index (κ3) is 5.40. The summed E-state index contributed by atoms with van der Waals surface area (Å²) in [5.74, 6) is -1.50. The van der Waals surface area contributed by atoms with E-state index in [-0.39, 0.29) is 11.8 Å². The highest BCUT2D eigenvalue weighted by atomic mass is 16.4. The minimum Gasteiger partial charge on any atom is -0.548 e. The number of amides is 1. The van der Waals surface area contributed by atoms with E-state index in [0.29, 0.717) is 0 Å². The van der Waals surface area contributed by atoms with Crippen LogP contribution in [0, 0.1) is 5.92 Å². The molecule has 0 saturated carbocycles. The molecule has 0 bridgehead atoms. The maximum absolute atomic E-state index is 11.6. The van der Waals surface area contributed by atoms with Crippen molar-refractivity contribution in [2.24, 2.45) is 5.92 Å². The Morgan fingerprint density at radius 1 is 1.33 bits per heavy atom. The first-order chi connectivity index (χ1) is 7.02. The predicted octanol–water partition coefficient (Wildman–Crippen LogP) is 0.457. The first-order valence-electron chi connectivity index (χ1n) is 5.54. The third-order valence-corrected chi connectivity index (χ3v) is 2.48. The zero-order valence-electron chi connectivity index (χ0n) is 9.71. The van der Waals surface area contributed by atoms with Crippen molar-refractivity contribution >= 4 is 11.9 Å². The Bertz CT molecular complexity index is 216. The molecule has 0 aliphatic heterocycles. The first-order valence-corrected chi connectivity index (χ1v) is 5.54. The normalized spacial score (nSPS) is 14.3. The largest absolute Gasteiger partial charge is 0.548 e. The average molecular weight is 214 g/mol. The highest BCUT2D eigenvalue weighted by Crippen LogP contribution is 2.12. The van der Waals surface area contributed by atoms with Crippen LogP contribution in [0.5, 0.6) is 0 Å². The molecule has 2 unspecified atom stereocenters. The maximum atomic E-state index is 11.6. The van der Waals surface area contributed by atoms with Crippen molar-refractivity contribution in [1.82, 2.24) is 5.32 Å². The van der Waals surface area contributed by atoms with Crippen molar-refractivity contribution in [3.05, 3.63) is 0 Å². The number of nitrogens with one attached hydrogen (secondary N) is 1. The first kappa shape index (κ1) is 13.9. The van der Waals surface area contributed by atoms with Crippen LogP contribution < -0.4 is 10.4 Å². The summed E-state index contributed by atoms with van der Waals surface area (Å²) < 4.78 is 0. The minimum atomic E-state index is -1.24. The van der Waals surface area contributed by atoms with Crippen LogP contribution >= 0.6 is 0 Å². The van der Waals surface area contributed by atoms with Crippen molar-refractivity contribution in [3.63, 3.8) is 0 Å². The highest BCUT2D eigenvalue weighted by Gasteiger charge is 2.17. The predicted molar refractivity (Wildman–Crippen MR) is 55.9 cm³/mol. The summed E-state index contributed by atoms with van der Waals surface area (Å²) in [7, 11) is 0. The van der Waals surface area contributed by atoms with Crippen LogP contribution in [0.1, 0.15) is 46.5 Å². The lowest BCUT2D eigenvalue weighted by Crippen LogP contribution is -2.47. The number of unbranched alkanes of at least 4 members (excludes halogenated alkanes) is 1. The van der Waals surface area contributed by atoms with Gasteiger partial charge in [-0.2, -0.15) is 0 Å². The summed E-state index contributed by atoms with van der Waals surface area (Å²) in [6.07, 6.45) is 3.59. The number of aliphatic carboxylic acids is 1. The molecule has 0 aromatic rings. The van der Waals surface area contributed by atoms with E-state index < -0.39 is 12.0 Å². The molecule has 0 aromatic heterocycles. The SMILES string of the molecule is CCCCC(CC)C(=O)NC(C)C(=O)[O-]. The lowest BCUT2D eigenvalue weighted by molar-refractivity contribution is -0.307. The van der Waals surface area contributed by atoms with Gasteiger partial charge < -0.3 is 15.2 Å². The van der Waals surface area contributed by atoms with Gasteiger partial charge in [-0.1, -0.05) is 26.7 Å². The van der Waals surface area contributed by atoms with E-state index in [0.717, 1.165) is 25.7 Å². The fourth-order valence-corrected chi connectivity index (χ4v) is 1.36. The van der Waals surface area contributed by atoms with Gasteiger partial charge in [0.25, 0.3) is 0 Å². The van der Waals surface area contributed by atoms with Gasteiger partial charge in [0.1, 0.15) is 0 Å². The molecule has 0 fully saturated rings. The molecule has 0 heterocycles. The van der Waals surface area contributed by atoms with Crippen molar-refractivity contribution in [1.29, 1.82) is 0 Å². The number of hydrogen-bond donors (Lipinski definition) is 1. The molecule has 0 radical (unpaired) electrons. The van der Waals surface area contributed by atoms with Crippen LogP contribution in [0.4, 0.5) is 0 Å². The molecule has 2 atom stereocenters. The van der Waals surface area contributed by atoms with Gasteiger partial charge in [0, 0.05) is 5.92 Å². The lowest BCUT2D eigenvalue weighted by atomic mass is 9.98. The molecule has 15 heavy (non-hydrogen) atoms. The van der Waals surface area contributed by atoms with Crippen LogP contribution in [0.2, 0.25) is 0 Å². The zero-order chi connectivity index (χ0) is 11.8. The van der Waals surface area contributed by atoms with Crippen LogP contribution in [0.15, 0.2) is 0 Å². The number of hydrogen-bond acceptors (Lipinski definition) is 3. The lowest BCUT2D eigenvalue weighted by Gasteiger charge is -2.19. The summed E-state index contributed by atoms with van der Waals surface area (Å²) in [6, 6.07) is -0.909. The smallest absolute Gasteiger partial charge is 0.223 e. The molecule has 0 aromatic carbocycles. The molecule has 1 amide bonds. The van der Waals surface area contributed by atoms with Crippen molar-refractivity contribution in [2.45, 2.75) is 52.5 Å². The van der Waals surface area contributed by atoms with Gasteiger partial charge in [0.15, 0.2) is 0 Å². The van der Waals surface area contributed by atoms with E-state index in [9.17, 15) is 14.7 Å². The molecule has 1 N–H and O–H groups in total. The Balaban J connectivity index is 4.09. The minimum absolute atomic E-state index is 0.0771. The Morgan fingerprint density at radius 2 is 1.93 bits per heavy atom. The quantitative estimate of drug-likeness (QED) is 0.669. The number of carbonyl (C=O) groups excluding carboxylic acids is 2. The number of carbonyl (C=O) groups is 2. The standard InChI is InChI=1S/C11H21NO3/c1-4-6-7-9(5-2)10(13)12-8(3)11(14)15/h8-9H,4-7H2,1-3H3,(H,12,13)(H,14,15)/p-1. The number of rotatable bonds is 7. The summed E-state index contributed by atoms with van der Waals surface area (Å²) >= 11 is 0. The van der Waals surface area contributed by atoms with E-state index in [4.69, 9.17) is 0 Å². The summed E-state index contributed by atoms with van der Waals surface area (Å²) in [5.41, 5.74) is 0. The molecule has 4 heteroatoms. The van der Waals surface area contributed by atoms with Crippen LogP contribution in [-0.2, 0) is 9.59 Å². The topological polar surface area (TPSA) is 69.2 Å². The summed E-state index contributed by atoms with van der Waals surface area (Å²) in [5, 5.41) is 12.9. The van der Waals surface area contributed by atoms with Crippen LogP contribution in [-0.4, -0.2) is 17.9 Å². The molecule has 88 valence electrons. The molecule has 0 aliphatic carbocycles. The fraction of sp³-hybridized carbons (Fsp3) is 0.818. The van der Waals surface area contributed by atoms with Crippen LogP contribution in [0.25, 0.3) is 0 Å². The van der Waals surface area contributed by atoms with E-state index >= 15 is 0 Å². The molecule has 0 saturated heterocycles. The summed E-state index contributed by atoms with van der Waals surface area (Å²) in [4.78, 5) is 22.0. The number of carboxylic acids is 1. The van der Waals surface area contributed by atoms with Crippen molar-refractivity contribution in [2.75, 3.05) is 0 Å². The monoisotopic (exact) mass is 214 g/mol. The van der Waals surface area contributed by atoms with Gasteiger partial charge in [0.05, 0.1) is 12.0 Å².